The van der Waals surface area contributed by atoms with Gasteiger partial charge in [-0.3, -0.25) is 4.68 Å². The highest BCUT2D eigenvalue weighted by molar-refractivity contribution is 7.22. The van der Waals surface area contributed by atoms with Crippen LogP contribution in [0.3, 0.4) is 0 Å². The Hall–Kier alpha value is -1.89. The summed E-state index contributed by atoms with van der Waals surface area (Å²) in [5.41, 5.74) is 5.58. The summed E-state index contributed by atoms with van der Waals surface area (Å²) in [4.78, 5) is 4.63. The van der Waals surface area contributed by atoms with Crippen LogP contribution >= 0.6 is 11.3 Å². The van der Waals surface area contributed by atoms with Crippen molar-refractivity contribution in [2.45, 2.75) is 47.2 Å². The van der Waals surface area contributed by atoms with Crippen LogP contribution in [0.5, 0.6) is 0 Å². The van der Waals surface area contributed by atoms with Gasteiger partial charge < -0.3 is 5.32 Å². The molecule has 3 aromatic rings. The molecule has 7 heteroatoms. The molecule has 0 saturated heterocycles. The first-order chi connectivity index (χ1) is 10.5. The Morgan fingerprint density at radius 3 is 2.59 bits per heavy atom. The van der Waals surface area contributed by atoms with E-state index in [-0.39, 0.29) is 0 Å². The van der Waals surface area contributed by atoms with Gasteiger partial charge in [0.05, 0.1) is 16.1 Å². The maximum absolute atomic E-state index is 4.63. The molecule has 6 nitrogen and oxygen atoms in total. The number of hydrogen-bond acceptors (Lipinski definition) is 5. The van der Waals surface area contributed by atoms with Crippen molar-refractivity contribution in [2.75, 3.05) is 5.32 Å². The molecule has 1 N–H and O–H groups in total. The molecule has 0 atom stereocenters. The number of aryl methyl sites for hydroxylation is 4. The van der Waals surface area contributed by atoms with Gasteiger partial charge in [-0.1, -0.05) is 18.3 Å². The molecule has 3 rings (SSSR count). The van der Waals surface area contributed by atoms with Crippen LogP contribution in [-0.2, 0) is 20.1 Å². The van der Waals surface area contributed by atoms with E-state index in [1.54, 1.807) is 11.3 Å². The lowest BCUT2D eigenvalue weighted by Crippen LogP contribution is -2.04. The molecule has 3 heterocycles. The summed E-state index contributed by atoms with van der Waals surface area (Å²) >= 11 is 1.66. The fraction of sp³-hybridized carbons (Fsp3) is 0.533. The van der Waals surface area contributed by atoms with Gasteiger partial charge in [0.25, 0.3) is 0 Å². The SMILES string of the molecule is CCCn1nc(C)c(CNc2nc3c(s2)c(C)nn3C)c1C. The van der Waals surface area contributed by atoms with E-state index < -0.39 is 0 Å². The zero-order valence-electron chi connectivity index (χ0n) is 13.8. The van der Waals surface area contributed by atoms with Crippen molar-refractivity contribution >= 4 is 26.8 Å². The molecule has 0 amide bonds. The summed E-state index contributed by atoms with van der Waals surface area (Å²) in [6, 6.07) is 0. The molecule has 118 valence electrons. The summed E-state index contributed by atoms with van der Waals surface area (Å²) < 4.78 is 5.08. The standard InChI is InChI=1S/C15H22N6S/c1-6-7-21-11(4)12(9(2)19-21)8-16-15-17-14-13(22-15)10(3)18-20(14)5/h6-8H2,1-5H3,(H,16,17). The van der Waals surface area contributed by atoms with Crippen LogP contribution in [0.4, 0.5) is 5.13 Å². The van der Waals surface area contributed by atoms with Gasteiger partial charge in [-0.25, -0.2) is 9.67 Å². The molecule has 0 aromatic carbocycles. The molecule has 22 heavy (non-hydrogen) atoms. The summed E-state index contributed by atoms with van der Waals surface area (Å²) in [5.74, 6) is 0. The number of nitrogens with zero attached hydrogens (tertiary/aromatic N) is 5. The maximum atomic E-state index is 4.63. The van der Waals surface area contributed by atoms with Crippen molar-refractivity contribution in [1.29, 1.82) is 0 Å². The Morgan fingerprint density at radius 1 is 1.14 bits per heavy atom. The third-order valence-electron chi connectivity index (χ3n) is 3.93. The Morgan fingerprint density at radius 2 is 1.91 bits per heavy atom. The van der Waals surface area contributed by atoms with E-state index in [1.807, 2.05) is 18.7 Å². The van der Waals surface area contributed by atoms with E-state index in [9.17, 15) is 0 Å². The first-order valence-electron chi connectivity index (χ1n) is 7.58. The first kappa shape index (κ1) is 15.0. The lowest BCUT2D eigenvalue weighted by molar-refractivity contribution is 0.582. The molecule has 0 radical (unpaired) electrons. The molecule has 0 bridgehead atoms. The summed E-state index contributed by atoms with van der Waals surface area (Å²) in [6.07, 6.45) is 1.10. The van der Waals surface area contributed by atoms with Gasteiger partial charge in [0.2, 0.25) is 0 Å². The van der Waals surface area contributed by atoms with E-state index in [0.29, 0.717) is 0 Å². The van der Waals surface area contributed by atoms with E-state index >= 15 is 0 Å². The van der Waals surface area contributed by atoms with Crippen LogP contribution in [0.1, 0.15) is 36.0 Å². The van der Waals surface area contributed by atoms with Crippen molar-refractivity contribution in [1.82, 2.24) is 24.5 Å². The van der Waals surface area contributed by atoms with E-state index in [1.165, 1.54) is 11.3 Å². The lowest BCUT2D eigenvalue weighted by Gasteiger charge is -2.05. The monoisotopic (exact) mass is 318 g/mol. The van der Waals surface area contributed by atoms with Gasteiger partial charge in [0.15, 0.2) is 10.8 Å². The molecule has 0 aliphatic carbocycles. The third kappa shape index (κ3) is 2.49. The van der Waals surface area contributed by atoms with E-state index in [0.717, 1.165) is 46.4 Å². The molecule has 0 fully saturated rings. The third-order valence-corrected chi connectivity index (χ3v) is 5.04. The van der Waals surface area contributed by atoms with Crippen LogP contribution in [0.15, 0.2) is 0 Å². The van der Waals surface area contributed by atoms with Crippen LogP contribution in [-0.4, -0.2) is 24.5 Å². The summed E-state index contributed by atoms with van der Waals surface area (Å²) in [6.45, 7) is 10.1. The minimum absolute atomic E-state index is 0.758. The topological polar surface area (TPSA) is 60.6 Å². The number of fused-ring (bicyclic) bond motifs is 1. The zero-order chi connectivity index (χ0) is 15.9. The molecule has 0 unspecified atom stereocenters. The van der Waals surface area contributed by atoms with Crippen molar-refractivity contribution < 1.29 is 0 Å². The quantitative estimate of drug-likeness (QED) is 0.785. The predicted molar refractivity (Wildman–Crippen MR) is 90.4 cm³/mol. The van der Waals surface area contributed by atoms with Crippen molar-refractivity contribution in [3.8, 4) is 0 Å². The van der Waals surface area contributed by atoms with Gasteiger partial charge in [0.1, 0.15) is 0 Å². The first-order valence-corrected chi connectivity index (χ1v) is 8.39. The minimum atomic E-state index is 0.758. The molecule has 0 saturated carbocycles. The van der Waals surface area contributed by atoms with E-state index in [4.69, 9.17) is 0 Å². The zero-order valence-corrected chi connectivity index (χ0v) is 14.6. The smallest absolute Gasteiger partial charge is 0.185 e. The molecule has 0 aliphatic rings. The predicted octanol–water partition coefficient (Wildman–Crippen LogP) is 3.17. The van der Waals surface area contributed by atoms with Crippen LogP contribution < -0.4 is 5.32 Å². The Balaban J connectivity index is 1.80. The highest BCUT2D eigenvalue weighted by atomic mass is 32.1. The van der Waals surface area contributed by atoms with Crippen LogP contribution in [0.2, 0.25) is 0 Å². The van der Waals surface area contributed by atoms with Gasteiger partial charge in [-0.15, -0.1) is 0 Å². The van der Waals surface area contributed by atoms with Gasteiger partial charge in [0, 0.05) is 31.4 Å². The molecular weight excluding hydrogens is 296 g/mol. The number of thiazole rings is 1. The average molecular weight is 318 g/mol. The highest BCUT2D eigenvalue weighted by Crippen LogP contribution is 2.28. The second-order valence-corrected chi connectivity index (χ2v) is 6.61. The van der Waals surface area contributed by atoms with Crippen molar-refractivity contribution in [3.63, 3.8) is 0 Å². The van der Waals surface area contributed by atoms with Gasteiger partial charge >= 0.3 is 0 Å². The van der Waals surface area contributed by atoms with Crippen molar-refractivity contribution in [3.05, 3.63) is 22.6 Å². The average Bonchev–Trinajstić information content (AvgIpc) is 3.07. The fourth-order valence-electron chi connectivity index (χ4n) is 2.74. The fourth-order valence-corrected chi connectivity index (χ4v) is 3.67. The van der Waals surface area contributed by atoms with E-state index in [2.05, 4.69) is 46.0 Å². The lowest BCUT2D eigenvalue weighted by atomic mass is 10.2. The minimum Gasteiger partial charge on any atom is -0.357 e. The van der Waals surface area contributed by atoms with Gasteiger partial charge in [-0.2, -0.15) is 10.2 Å². The second kappa shape index (κ2) is 5.72. The van der Waals surface area contributed by atoms with Gasteiger partial charge in [-0.05, 0) is 27.2 Å². The number of hydrogen-bond donors (Lipinski definition) is 1. The van der Waals surface area contributed by atoms with Crippen LogP contribution in [0, 0.1) is 20.8 Å². The maximum Gasteiger partial charge on any atom is 0.185 e. The number of aromatic nitrogens is 5. The summed E-state index contributed by atoms with van der Waals surface area (Å²) in [5, 5.41) is 13.4. The molecule has 0 spiro atoms. The second-order valence-electron chi connectivity index (χ2n) is 5.61. The normalized spacial score (nSPS) is 11.5. The number of rotatable bonds is 5. The Labute approximate surface area is 134 Å². The Kier molecular flexibility index (Phi) is 3.90. The highest BCUT2D eigenvalue weighted by Gasteiger charge is 2.14. The van der Waals surface area contributed by atoms with Crippen molar-refractivity contribution in [2.24, 2.45) is 7.05 Å². The largest absolute Gasteiger partial charge is 0.357 e. The number of anilines is 1. The Bertz CT molecular complexity index is 775. The number of nitrogens with one attached hydrogen (secondary N) is 1. The molecule has 0 aliphatic heterocycles. The molecule has 3 aromatic heterocycles. The molecular formula is C15H22N6S. The van der Waals surface area contributed by atoms with Crippen LogP contribution in [0.25, 0.3) is 10.3 Å². The summed E-state index contributed by atoms with van der Waals surface area (Å²) in [7, 11) is 1.93.